The number of pyridine rings is 1. The van der Waals surface area contributed by atoms with Gasteiger partial charge in [-0.1, -0.05) is 12.1 Å². The summed E-state index contributed by atoms with van der Waals surface area (Å²) < 4.78 is 24.7. The summed E-state index contributed by atoms with van der Waals surface area (Å²) in [5.41, 5.74) is 2.57. The Hall–Kier alpha value is -3.34. The van der Waals surface area contributed by atoms with Crippen molar-refractivity contribution >= 4 is 33.5 Å². The Labute approximate surface area is 149 Å². The molecule has 0 spiro atoms. The Balaban J connectivity index is 2.13. The second kappa shape index (κ2) is 8.16. The molecule has 136 valence electrons. The first-order valence-corrected chi connectivity index (χ1v) is 9.06. The van der Waals surface area contributed by atoms with Crippen LogP contribution < -0.4 is 9.73 Å². The molecule has 0 saturated heterocycles. The van der Waals surface area contributed by atoms with Crippen molar-refractivity contribution in [3.63, 3.8) is 0 Å². The van der Waals surface area contributed by atoms with Crippen LogP contribution in [0, 0.1) is 10.1 Å². The smallest absolute Gasteiger partial charge is 0.271 e. The van der Waals surface area contributed by atoms with E-state index in [9.17, 15) is 23.3 Å². The summed E-state index contributed by atoms with van der Waals surface area (Å²) >= 11 is 0. The number of hydrogen-bond acceptors (Lipinski definition) is 7. The number of sulfonamides is 1. The molecule has 0 aliphatic rings. The maximum absolute atomic E-state index is 12.0. The summed E-state index contributed by atoms with van der Waals surface area (Å²) in [5, 5.41) is 14.6. The minimum absolute atomic E-state index is 0.00749. The summed E-state index contributed by atoms with van der Waals surface area (Å²) in [5.74, 6) is -0.706. The van der Waals surface area contributed by atoms with Crippen LogP contribution in [-0.4, -0.2) is 43.2 Å². The Morgan fingerprint density at radius 3 is 2.77 bits per heavy atom. The largest absolute Gasteiger partial charge is 0.271 e. The number of anilines is 1. The number of carbonyl (C=O) groups is 1. The molecule has 10 nitrogen and oxygen atoms in total. The van der Waals surface area contributed by atoms with E-state index in [4.69, 9.17) is 0 Å². The number of aromatic nitrogens is 1. The number of nitro groups is 1. The Kier molecular flexibility index (Phi) is 5.96. The van der Waals surface area contributed by atoms with E-state index in [1.807, 2.05) is 0 Å². The molecule has 0 saturated carbocycles. The van der Waals surface area contributed by atoms with Gasteiger partial charge >= 0.3 is 0 Å². The lowest BCUT2D eigenvalue weighted by Crippen LogP contribution is -2.39. The third-order valence-electron chi connectivity index (χ3n) is 3.10. The fourth-order valence-electron chi connectivity index (χ4n) is 1.96. The number of nitro benzene ring substituents is 1. The third kappa shape index (κ3) is 5.34. The highest BCUT2D eigenvalue weighted by Gasteiger charge is 2.22. The van der Waals surface area contributed by atoms with E-state index < -0.39 is 27.4 Å². The van der Waals surface area contributed by atoms with Gasteiger partial charge in [0.2, 0.25) is 10.0 Å². The van der Waals surface area contributed by atoms with E-state index >= 15 is 0 Å². The highest BCUT2D eigenvalue weighted by molar-refractivity contribution is 7.92. The highest BCUT2D eigenvalue weighted by Crippen LogP contribution is 2.22. The molecule has 1 N–H and O–H groups in total. The van der Waals surface area contributed by atoms with Crippen LogP contribution in [0.15, 0.2) is 53.9 Å². The number of carbonyl (C=O) groups excluding carboxylic acids is 1. The number of nitrogens with zero attached hydrogens (tertiary/aromatic N) is 4. The Morgan fingerprint density at radius 2 is 2.15 bits per heavy atom. The predicted octanol–water partition coefficient (Wildman–Crippen LogP) is 0.906. The quantitative estimate of drug-likeness (QED) is 0.433. The second-order valence-corrected chi connectivity index (χ2v) is 7.03. The number of amides is 1. The molecule has 0 aliphatic heterocycles. The van der Waals surface area contributed by atoms with Gasteiger partial charge in [-0.3, -0.25) is 24.2 Å². The summed E-state index contributed by atoms with van der Waals surface area (Å²) in [6.07, 6.45) is 5.36. The van der Waals surface area contributed by atoms with Crippen LogP contribution in [-0.2, 0) is 14.8 Å². The maximum atomic E-state index is 12.0. The molecule has 2 rings (SSSR count). The van der Waals surface area contributed by atoms with Gasteiger partial charge in [0.25, 0.3) is 11.6 Å². The number of non-ortho nitro benzene ring substituents is 1. The minimum atomic E-state index is -3.84. The van der Waals surface area contributed by atoms with Gasteiger partial charge in [-0.25, -0.2) is 13.8 Å². The molecule has 0 atom stereocenters. The van der Waals surface area contributed by atoms with E-state index in [-0.39, 0.29) is 11.4 Å². The molecule has 11 heteroatoms. The standard InChI is InChI=1S/C15H15N5O5S/c1-26(24,25)19(13-5-2-6-14(8-13)20(22)23)11-15(21)18-17-10-12-4-3-7-16-9-12/h2-10H,11H2,1H3,(H,18,21)/b17-10-. The van der Waals surface area contributed by atoms with Crippen LogP contribution in [0.3, 0.4) is 0 Å². The van der Waals surface area contributed by atoms with Gasteiger partial charge in [-0.05, 0) is 12.1 Å². The molecule has 0 unspecified atom stereocenters. The highest BCUT2D eigenvalue weighted by atomic mass is 32.2. The van der Waals surface area contributed by atoms with Gasteiger partial charge in [0.15, 0.2) is 0 Å². The van der Waals surface area contributed by atoms with Gasteiger partial charge in [0.05, 0.1) is 23.1 Å². The van der Waals surface area contributed by atoms with Gasteiger partial charge in [-0.15, -0.1) is 0 Å². The Bertz CT molecular complexity index is 930. The zero-order valence-corrected chi connectivity index (χ0v) is 14.5. The van der Waals surface area contributed by atoms with Crippen LogP contribution in [0.1, 0.15) is 5.56 Å². The zero-order chi connectivity index (χ0) is 19.2. The normalized spacial score (nSPS) is 11.3. The first-order chi connectivity index (χ1) is 12.3. The number of hydrazone groups is 1. The Morgan fingerprint density at radius 1 is 1.38 bits per heavy atom. The SMILES string of the molecule is CS(=O)(=O)N(CC(=O)N/N=C\c1cccnc1)c1cccc([N+](=O)[O-])c1. The molecule has 0 bridgehead atoms. The lowest BCUT2D eigenvalue weighted by atomic mass is 10.3. The van der Waals surface area contributed by atoms with Crippen LogP contribution in [0.4, 0.5) is 11.4 Å². The molecular weight excluding hydrogens is 362 g/mol. The number of rotatable bonds is 7. The first-order valence-electron chi connectivity index (χ1n) is 7.21. The fourth-order valence-corrected chi connectivity index (χ4v) is 2.81. The molecule has 1 aromatic carbocycles. The second-order valence-electron chi connectivity index (χ2n) is 5.13. The van der Waals surface area contributed by atoms with Crippen molar-refractivity contribution in [2.45, 2.75) is 0 Å². The first kappa shape index (κ1) is 19.0. The van der Waals surface area contributed by atoms with E-state index in [0.29, 0.717) is 5.56 Å². The zero-order valence-electron chi connectivity index (χ0n) is 13.6. The van der Waals surface area contributed by atoms with Crippen molar-refractivity contribution in [1.82, 2.24) is 10.4 Å². The van der Waals surface area contributed by atoms with Crippen molar-refractivity contribution in [3.8, 4) is 0 Å². The van der Waals surface area contributed by atoms with Crippen LogP contribution in [0.25, 0.3) is 0 Å². The summed E-state index contributed by atoms with van der Waals surface area (Å²) in [7, 11) is -3.84. The van der Waals surface area contributed by atoms with Gasteiger partial charge in [0.1, 0.15) is 6.54 Å². The van der Waals surface area contributed by atoms with Gasteiger partial charge in [0, 0.05) is 30.1 Å². The minimum Gasteiger partial charge on any atom is -0.271 e. The molecule has 1 aromatic heterocycles. The van der Waals surface area contributed by atoms with E-state index in [0.717, 1.165) is 16.6 Å². The average molecular weight is 377 g/mol. The van der Waals surface area contributed by atoms with Crippen LogP contribution in [0.5, 0.6) is 0 Å². The van der Waals surface area contributed by atoms with Crippen molar-refractivity contribution in [3.05, 3.63) is 64.5 Å². The van der Waals surface area contributed by atoms with Crippen LogP contribution >= 0.6 is 0 Å². The van der Waals surface area contributed by atoms with Gasteiger partial charge in [-0.2, -0.15) is 5.10 Å². The molecule has 0 fully saturated rings. The lowest BCUT2D eigenvalue weighted by Gasteiger charge is -2.21. The van der Waals surface area contributed by atoms with Crippen molar-refractivity contribution in [2.24, 2.45) is 5.10 Å². The average Bonchev–Trinajstić information content (AvgIpc) is 2.59. The molecule has 1 amide bonds. The summed E-state index contributed by atoms with van der Waals surface area (Å²) in [4.78, 5) is 26.1. The number of nitrogens with one attached hydrogen (secondary N) is 1. The molecule has 26 heavy (non-hydrogen) atoms. The summed E-state index contributed by atoms with van der Waals surface area (Å²) in [6.45, 7) is -0.579. The molecule has 0 radical (unpaired) electrons. The van der Waals surface area contributed by atoms with Crippen molar-refractivity contribution in [1.29, 1.82) is 0 Å². The third-order valence-corrected chi connectivity index (χ3v) is 4.24. The monoisotopic (exact) mass is 377 g/mol. The number of hydrogen-bond donors (Lipinski definition) is 1. The number of benzene rings is 1. The molecule has 0 aliphatic carbocycles. The molecule has 1 heterocycles. The van der Waals surface area contributed by atoms with E-state index in [1.54, 1.807) is 18.3 Å². The van der Waals surface area contributed by atoms with Crippen molar-refractivity contribution < 1.29 is 18.1 Å². The summed E-state index contributed by atoms with van der Waals surface area (Å²) in [6, 6.07) is 8.41. The van der Waals surface area contributed by atoms with Crippen molar-refractivity contribution in [2.75, 3.05) is 17.1 Å². The van der Waals surface area contributed by atoms with Crippen LogP contribution in [0.2, 0.25) is 0 Å². The predicted molar refractivity (Wildman–Crippen MR) is 95.3 cm³/mol. The maximum Gasteiger partial charge on any atom is 0.271 e. The molecular formula is C15H15N5O5S. The lowest BCUT2D eigenvalue weighted by molar-refractivity contribution is -0.384. The van der Waals surface area contributed by atoms with E-state index in [1.165, 1.54) is 30.6 Å². The topological polar surface area (TPSA) is 135 Å². The van der Waals surface area contributed by atoms with E-state index in [2.05, 4.69) is 15.5 Å². The van der Waals surface area contributed by atoms with Gasteiger partial charge < -0.3 is 0 Å². The molecule has 2 aromatic rings. The fraction of sp³-hybridized carbons (Fsp3) is 0.133.